The van der Waals surface area contributed by atoms with Gasteiger partial charge in [0.2, 0.25) is 5.78 Å². The fourth-order valence-corrected chi connectivity index (χ4v) is 6.14. The number of aromatic hydroxyl groups is 1. The van der Waals surface area contributed by atoms with Gasteiger partial charge in [-0.3, -0.25) is 24.1 Å². The molecule has 0 heterocycles. The molecule has 1 saturated carbocycles. The van der Waals surface area contributed by atoms with E-state index in [4.69, 9.17) is 10.5 Å². The van der Waals surface area contributed by atoms with E-state index < -0.39 is 87.4 Å². The Bertz CT molecular complexity index is 1350. The minimum atomic E-state index is -2.99. The molecule has 8 N–H and O–H groups in total. The Morgan fingerprint density at radius 2 is 1.82 bits per heavy atom. The number of ketones is 2. The van der Waals surface area contributed by atoms with Crippen molar-refractivity contribution in [3.8, 4) is 5.75 Å². The van der Waals surface area contributed by atoms with Crippen molar-refractivity contribution in [2.24, 2.45) is 17.6 Å². The molecule has 1 fully saturated rings. The lowest BCUT2D eigenvalue weighted by Crippen LogP contribution is -2.70. The first-order valence-electron chi connectivity index (χ1n) is 12.3. The second-order valence-electron chi connectivity index (χ2n) is 10.1. The summed E-state index contributed by atoms with van der Waals surface area (Å²) in [7, 11) is 2.87. The lowest BCUT2D eigenvalue weighted by atomic mass is 9.54. The van der Waals surface area contributed by atoms with Crippen LogP contribution in [0.3, 0.4) is 0 Å². The van der Waals surface area contributed by atoms with E-state index in [2.05, 4.69) is 5.32 Å². The van der Waals surface area contributed by atoms with E-state index in [1.165, 1.54) is 31.1 Å². The van der Waals surface area contributed by atoms with Crippen LogP contribution in [0.4, 0.5) is 5.69 Å². The van der Waals surface area contributed by atoms with E-state index in [0.29, 0.717) is 5.56 Å². The summed E-state index contributed by atoms with van der Waals surface area (Å²) in [5.41, 5.74) is 1.04. The monoisotopic (exact) mass is 545 g/mol. The van der Waals surface area contributed by atoms with Crippen molar-refractivity contribution >= 4 is 34.9 Å². The van der Waals surface area contributed by atoms with Gasteiger partial charge in [0, 0.05) is 11.5 Å². The number of phenols is 1. The van der Waals surface area contributed by atoms with Crippen LogP contribution in [0.15, 0.2) is 29.0 Å². The van der Waals surface area contributed by atoms with E-state index in [-0.39, 0.29) is 24.4 Å². The maximum Gasteiger partial charge on any atom is 0.325 e. The maximum atomic E-state index is 14.0. The molecule has 0 bridgehead atoms. The van der Waals surface area contributed by atoms with Crippen LogP contribution in [0.5, 0.6) is 5.75 Å². The van der Waals surface area contributed by atoms with Gasteiger partial charge < -0.3 is 41.3 Å². The highest BCUT2D eigenvalue weighted by Gasteiger charge is 2.68. The second-order valence-corrected chi connectivity index (χ2v) is 10.1. The van der Waals surface area contributed by atoms with Gasteiger partial charge in [-0.25, -0.2) is 0 Å². The number of anilines is 1. The average Bonchev–Trinajstić information content (AvgIpc) is 2.85. The van der Waals surface area contributed by atoms with Gasteiger partial charge in [0.15, 0.2) is 11.4 Å². The summed E-state index contributed by atoms with van der Waals surface area (Å²) in [6.07, 6.45) is -1.68. The quantitative estimate of drug-likeness (QED) is 0.136. The number of benzene rings is 1. The van der Waals surface area contributed by atoms with Crippen molar-refractivity contribution in [2.45, 2.75) is 37.5 Å². The summed E-state index contributed by atoms with van der Waals surface area (Å²) in [6, 6.07) is 1.57. The van der Waals surface area contributed by atoms with Crippen molar-refractivity contribution < 1.29 is 49.4 Å². The summed E-state index contributed by atoms with van der Waals surface area (Å²) >= 11 is 0. The van der Waals surface area contributed by atoms with Crippen LogP contribution in [-0.2, 0) is 23.9 Å². The molecular weight excluding hydrogens is 514 g/mol. The minimum Gasteiger partial charge on any atom is -0.508 e. The largest absolute Gasteiger partial charge is 0.508 e. The summed E-state index contributed by atoms with van der Waals surface area (Å²) in [6.45, 7) is 3.10. The lowest BCUT2D eigenvalue weighted by molar-refractivity contribution is -0.169. The van der Waals surface area contributed by atoms with Crippen LogP contribution in [0, 0.1) is 11.8 Å². The number of esters is 1. The number of nitrogens with one attached hydrogen (secondary N) is 1. The van der Waals surface area contributed by atoms with Crippen LogP contribution in [0.1, 0.15) is 30.9 Å². The smallest absolute Gasteiger partial charge is 0.325 e. The Morgan fingerprint density at radius 1 is 1.18 bits per heavy atom. The number of primary amides is 1. The van der Waals surface area contributed by atoms with Gasteiger partial charge in [-0.1, -0.05) is 13.0 Å². The lowest BCUT2D eigenvalue weighted by Gasteiger charge is -2.53. The number of hydrogen-bond acceptors (Lipinski definition) is 12. The summed E-state index contributed by atoms with van der Waals surface area (Å²) in [5.74, 6) is -10.3. The molecule has 6 atom stereocenters. The highest BCUT2D eigenvalue weighted by Crippen LogP contribution is 2.56. The second kappa shape index (κ2) is 9.67. The molecule has 210 valence electrons. The zero-order valence-electron chi connectivity index (χ0n) is 21.8. The Balaban J connectivity index is 1.92. The zero-order valence-corrected chi connectivity index (χ0v) is 21.8. The van der Waals surface area contributed by atoms with Crippen molar-refractivity contribution in [1.82, 2.24) is 4.90 Å². The van der Waals surface area contributed by atoms with Crippen LogP contribution in [0.2, 0.25) is 0 Å². The highest BCUT2D eigenvalue weighted by atomic mass is 16.5. The Labute approximate surface area is 223 Å². The molecule has 0 aliphatic heterocycles. The molecule has 3 aliphatic rings. The molecule has 0 spiro atoms. The molecule has 1 aromatic carbocycles. The van der Waals surface area contributed by atoms with E-state index in [1.807, 2.05) is 0 Å². The van der Waals surface area contributed by atoms with Gasteiger partial charge in [0.05, 0.1) is 35.9 Å². The standard InChI is InChI=1S/C26H31N3O10/c1-5-39-12(30)8-28-11-7-6-10-9(2)13-15(20(32)14(10)19(11)31)23(35)26(38)17(21(13)33)18(29(3)4)22(34)16(24(26)36)25(27)37/h6-7,9,13,17-18,21,28,31-33,36,38H,5,8H2,1-4H3,(H2,27,37)/t9-,13+,17+,18-,21-,26-/m0/s1. The molecule has 13 nitrogen and oxygen atoms in total. The van der Waals surface area contributed by atoms with E-state index in [9.17, 15) is 44.7 Å². The molecule has 0 saturated heterocycles. The predicted molar refractivity (Wildman–Crippen MR) is 135 cm³/mol. The number of fused-ring (bicyclic) bond motifs is 3. The number of rotatable bonds is 6. The van der Waals surface area contributed by atoms with Crippen LogP contribution in [0.25, 0.3) is 5.76 Å². The first-order chi connectivity index (χ1) is 18.2. The third kappa shape index (κ3) is 3.87. The number of nitrogens with zero attached hydrogens (tertiary/aromatic N) is 1. The first kappa shape index (κ1) is 28.1. The third-order valence-corrected chi connectivity index (χ3v) is 7.86. The first-order valence-corrected chi connectivity index (χ1v) is 12.3. The number of ether oxygens (including phenoxy) is 1. The van der Waals surface area contributed by atoms with E-state index >= 15 is 0 Å². The summed E-state index contributed by atoms with van der Waals surface area (Å²) in [4.78, 5) is 52.3. The molecule has 39 heavy (non-hydrogen) atoms. The Hall–Kier alpha value is -3.94. The predicted octanol–water partition coefficient (Wildman–Crippen LogP) is -0.529. The fourth-order valence-electron chi connectivity index (χ4n) is 6.14. The number of carbonyl (C=O) groups is 4. The number of nitrogens with two attached hydrogens (primary N) is 1. The molecular formula is C26H31N3O10. The zero-order chi connectivity index (χ0) is 29.1. The normalized spacial score (nSPS) is 30.1. The van der Waals surface area contributed by atoms with Crippen LogP contribution in [-0.4, -0.2) is 98.9 Å². The number of amides is 1. The van der Waals surface area contributed by atoms with Gasteiger partial charge in [-0.2, -0.15) is 0 Å². The van der Waals surface area contributed by atoms with Crippen molar-refractivity contribution in [3.05, 3.63) is 40.2 Å². The highest BCUT2D eigenvalue weighted by molar-refractivity contribution is 6.24. The molecule has 0 radical (unpaired) electrons. The van der Waals surface area contributed by atoms with Crippen molar-refractivity contribution in [1.29, 1.82) is 0 Å². The van der Waals surface area contributed by atoms with E-state index in [0.717, 1.165) is 0 Å². The average molecular weight is 546 g/mol. The van der Waals surface area contributed by atoms with Crippen molar-refractivity contribution in [3.63, 3.8) is 0 Å². The number of likely N-dealkylation sites (N-methyl/N-ethyl adjacent to an activating group) is 1. The molecule has 13 heteroatoms. The molecule has 0 unspecified atom stereocenters. The van der Waals surface area contributed by atoms with Gasteiger partial charge in [-0.05, 0) is 38.6 Å². The molecule has 1 amide bonds. The van der Waals surface area contributed by atoms with Gasteiger partial charge in [0.1, 0.15) is 29.4 Å². The van der Waals surface area contributed by atoms with E-state index in [1.54, 1.807) is 13.8 Å². The molecule has 4 rings (SSSR count). The van der Waals surface area contributed by atoms with Gasteiger partial charge in [-0.15, -0.1) is 0 Å². The van der Waals surface area contributed by atoms with Gasteiger partial charge in [0.25, 0.3) is 5.91 Å². The number of Topliss-reactive ketones (excluding diaryl/α,β-unsaturated/α-hetero) is 2. The number of aliphatic hydroxyl groups is 4. The fraction of sp³-hybridized carbons (Fsp3) is 0.462. The molecule has 0 aromatic heterocycles. The van der Waals surface area contributed by atoms with Gasteiger partial charge >= 0.3 is 5.97 Å². The number of carbonyl (C=O) groups excluding carboxylic acids is 4. The third-order valence-electron chi connectivity index (χ3n) is 7.86. The van der Waals surface area contributed by atoms with Crippen LogP contribution < -0.4 is 11.1 Å². The number of aliphatic hydroxyl groups excluding tert-OH is 3. The SMILES string of the molecule is CCOC(=O)CNc1ccc2c(c1O)C(O)=C1C(=O)[C@]3(O)C(O)=C(C(N)=O)C(=O)[C@@H](N(C)C)[C@@H]3[C@@H](O)[C@@H]1[C@H]2C. The molecule has 3 aliphatic carbocycles. The van der Waals surface area contributed by atoms with Crippen molar-refractivity contribution in [2.75, 3.05) is 32.6 Å². The number of hydrogen-bond donors (Lipinski definition) is 7. The Kier molecular flexibility index (Phi) is 6.96. The Morgan fingerprint density at radius 3 is 2.38 bits per heavy atom. The summed E-state index contributed by atoms with van der Waals surface area (Å²) < 4.78 is 4.85. The minimum absolute atomic E-state index is 0.0368. The van der Waals surface area contributed by atoms with Crippen LogP contribution >= 0.6 is 0 Å². The molecule has 1 aromatic rings. The topological polar surface area (TPSA) is 220 Å². The number of phenolic OH excluding ortho intramolecular Hbond substituents is 1. The maximum absolute atomic E-state index is 14.0. The summed E-state index contributed by atoms with van der Waals surface area (Å²) in [5, 5.41) is 59.2.